The van der Waals surface area contributed by atoms with Crippen LogP contribution in [0.1, 0.15) is 6.92 Å². The number of aromatic nitrogens is 1. The molecule has 0 aliphatic carbocycles. The van der Waals surface area contributed by atoms with Crippen molar-refractivity contribution >= 4 is 61.6 Å². The van der Waals surface area contributed by atoms with Gasteiger partial charge in [0.1, 0.15) is 22.8 Å². The van der Waals surface area contributed by atoms with E-state index in [0.717, 1.165) is 4.70 Å². The van der Waals surface area contributed by atoms with E-state index in [1.807, 2.05) is 0 Å². The highest BCUT2D eigenvalue weighted by Gasteiger charge is 2.15. The number of benzene rings is 2. The van der Waals surface area contributed by atoms with E-state index in [1.54, 1.807) is 18.2 Å². The summed E-state index contributed by atoms with van der Waals surface area (Å²) in [6.45, 7) is 1.40. The van der Waals surface area contributed by atoms with Crippen LogP contribution < -0.4 is 30.2 Å². The fraction of sp³-hybridized carbons (Fsp3) is 0.211. The molecule has 2 aromatic carbocycles. The Kier molecular flexibility index (Phi) is 6.48. The van der Waals surface area contributed by atoms with E-state index in [-0.39, 0.29) is 5.91 Å². The third-order valence-corrected chi connectivity index (χ3v) is 5.16. The first-order valence-electron chi connectivity index (χ1n) is 8.60. The Hall–Kier alpha value is -3.24. The lowest BCUT2D eigenvalue weighted by atomic mass is 10.2. The first-order chi connectivity index (χ1) is 14.3. The van der Waals surface area contributed by atoms with Gasteiger partial charge < -0.3 is 30.2 Å². The molecule has 0 atom stereocenters. The predicted octanol–water partition coefficient (Wildman–Crippen LogP) is 4.58. The average molecular weight is 451 g/mol. The maximum atomic E-state index is 12.5. The van der Waals surface area contributed by atoms with E-state index in [9.17, 15) is 9.59 Å². The molecular formula is C19H19ClN4O5S. The molecule has 0 saturated heterocycles. The number of amides is 3. The molecule has 0 aliphatic rings. The van der Waals surface area contributed by atoms with Gasteiger partial charge in [-0.05, 0) is 12.1 Å². The molecule has 0 radical (unpaired) electrons. The molecule has 158 valence electrons. The van der Waals surface area contributed by atoms with Crippen LogP contribution in [-0.2, 0) is 4.79 Å². The van der Waals surface area contributed by atoms with Gasteiger partial charge in [-0.25, -0.2) is 9.78 Å². The molecule has 3 aromatic rings. The minimum Gasteiger partial charge on any atom is -0.495 e. The molecule has 0 saturated carbocycles. The van der Waals surface area contributed by atoms with Crippen molar-refractivity contribution in [3.05, 3.63) is 29.3 Å². The highest BCUT2D eigenvalue weighted by molar-refractivity contribution is 7.22. The van der Waals surface area contributed by atoms with Crippen molar-refractivity contribution < 1.29 is 23.8 Å². The van der Waals surface area contributed by atoms with Crippen molar-refractivity contribution in [3.8, 4) is 17.2 Å². The Labute approximate surface area is 181 Å². The molecule has 0 bridgehead atoms. The summed E-state index contributed by atoms with van der Waals surface area (Å²) in [6, 6.07) is 5.97. The zero-order valence-corrected chi connectivity index (χ0v) is 18.2. The van der Waals surface area contributed by atoms with Crippen LogP contribution in [0.15, 0.2) is 24.3 Å². The number of methoxy groups -OCH3 is 3. The van der Waals surface area contributed by atoms with Gasteiger partial charge in [-0.2, -0.15) is 0 Å². The summed E-state index contributed by atoms with van der Waals surface area (Å²) >= 11 is 7.41. The number of nitrogens with zero attached hydrogens (tertiary/aromatic N) is 1. The Bertz CT molecular complexity index is 1120. The Morgan fingerprint density at radius 1 is 0.933 bits per heavy atom. The van der Waals surface area contributed by atoms with Crippen molar-refractivity contribution in [2.45, 2.75) is 6.92 Å². The first-order valence-corrected chi connectivity index (χ1v) is 9.79. The van der Waals surface area contributed by atoms with Crippen molar-refractivity contribution in [1.29, 1.82) is 0 Å². The average Bonchev–Trinajstić information content (AvgIpc) is 3.08. The smallest absolute Gasteiger partial charge is 0.323 e. The van der Waals surface area contributed by atoms with Crippen LogP contribution in [0.2, 0.25) is 5.02 Å². The summed E-state index contributed by atoms with van der Waals surface area (Å²) in [6.07, 6.45) is 0. The number of rotatable bonds is 6. The highest BCUT2D eigenvalue weighted by Crippen LogP contribution is 2.37. The van der Waals surface area contributed by atoms with E-state index in [4.69, 9.17) is 25.8 Å². The number of hydrogen-bond donors (Lipinski definition) is 3. The van der Waals surface area contributed by atoms with Gasteiger partial charge in [0, 0.05) is 24.7 Å². The molecule has 1 aromatic heterocycles. The molecule has 9 nitrogen and oxygen atoms in total. The number of carbonyl (C=O) groups excluding carboxylic acids is 2. The molecule has 0 aliphatic heterocycles. The van der Waals surface area contributed by atoms with Gasteiger partial charge in [0.25, 0.3) is 0 Å². The second-order valence-corrected chi connectivity index (χ2v) is 7.43. The molecule has 30 heavy (non-hydrogen) atoms. The second kappa shape index (κ2) is 9.06. The number of halogens is 1. The first kappa shape index (κ1) is 21.5. The van der Waals surface area contributed by atoms with E-state index in [2.05, 4.69) is 20.9 Å². The fourth-order valence-corrected chi connectivity index (χ4v) is 3.88. The van der Waals surface area contributed by atoms with Crippen LogP contribution in [0.3, 0.4) is 0 Å². The van der Waals surface area contributed by atoms with Gasteiger partial charge in [-0.15, -0.1) is 0 Å². The van der Waals surface area contributed by atoms with Gasteiger partial charge in [-0.1, -0.05) is 22.9 Å². The van der Waals surface area contributed by atoms with Crippen molar-refractivity contribution in [2.24, 2.45) is 0 Å². The van der Waals surface area contributed by atoms with E-state index < -0.39 is 6.03 Å². The monoisotopic (exact) mass is 450 g/mol. The molecule has 0 spiro atoms. The summed E-state index contributed by atoms with van der Waals surface area (Å²) in [7, 11) is 4.46. The Morgan fingerprint density at radius 2 is 1.63 bits per heavy atom. The van der Waals surface area contributed by atoms with Crippen molar-refractivity contribution in [1.82, 2.24) is 4.98 Å². The standard InChI is InChI=1S/C19H19ClN4O5S/c1-9(25)21-19-24-17-15(29-4)5-10(6-16(17)30-19)22-18(26)23-12-7-11(20)13(27-2)8-14(12)28-3/h5-8H,1-4H3,(H,21,24,25)(H2,22,23,26). The largest absolute Gasteiger partial charge is 0.495 e. The van der Waals surface area contributed by atoms with Crippen molar-refractivity contribution in [2.75, 3.05) is 37.3 Å². The number of thiazole rings is 1. The van der Waals surface area contributed by atoms with E-state index >= 15 is 0 Å². The number of ether oxygens (including phenoxy) is 3. The van der Waals surface area contributed by atoms with E-state index in [1.165, 1.54) is 45.7 Å². The molecule has 11 heteroatoms. The van der Waals surface area contributed by atoms with Gasteiger partial charge >= 0.3 is 6.03 Å². The van der Waals surface area contributed by atoms with Crippen LogP contribution in [-0.4, -0.2) is 38.3 Å². The summed E-state index contributed by atoms with van der Waals surface area (Å²) in [4.78, 5) is 28.2. The summed E-state index contributed by atoms with van der Waals surface area (Å²) in [5, 5.41) is 8.84. The number of fused-ring (bicyclic) bond motifs is 1. The summed E-state index contributed by atoms with van der Waals surface area (Å²) in [5.74, 6) is 1.05. The lowest BCUT2D eigenvalue weighted by Gasteiger charge is -2.14. The van der Waals surface area contributed by atoms with Gasteiger partial charge in [0.2, 0.25) is 5.91 Å². The third-order valence-electron chi connectivity index (χ3n) is 3.94. The van der Waals surface area contributed by atoms with E-state index in [0.29, 0.717) is 44.3 Å². The molecule has 1 heterocycles. The molecule has 3 rings (SSSR count). The second-order valence-electron chi connectivity index (χ2n) is 5.99. The molecule has 3 amide bonds. The van der Waals surface area contributed by atoms with Crippen LogP contribution in [0.25, 0.3) is 10.2 Å². The normalized spacial score (nSPS) is 10.4. The maximum Gasteiger partial charge on any atom is 0.323 e. The highest BCUT2D eigenvalue weighted by atomic mass is 35.5. The zero-order chi connectivity index (χ0) is 21.8. The molecule has 0 unspecified atom stereocenters. The zero-order valence-electron chi connectivity index (χ0n) is 16.6. The van der Waals surface area contributed by atoms with Crippen LogP contribution in [0.5, 0.6) is 17.2 Å². The topological polar surface area (TPSA) is 111 Å². The van der Waals surface area contributed by atoms with Gasteiger partial charge in [0.05, 0.1) is 36.7 Å². The molecule has 0 fully saturated rings. The number of urea groups is 1. The lowest BCUT2D eigenvalue weighted by molar-refractivity contribution is -0.114. The van der Waals surface area contributed by atoms with Crippen LogP contribution in [0.4, 0.5) is 21.3 Å². The SMILES string of the molecule is COc1cc(OC)c(NC(=O)Nc2cc(OC)c3nc(NC(C)=O)sc3c2)cc1Cl. The van der Waals surface area contributed by atoms with Crippen molar-refractivity contribution in [3.63, 3.8) is 0 Å². The number of hydrogen-bond acceptors (Lipinski definition) is 7. The van der Waals surface area contributed by atoms with Crippen LogP contribution >= 0.6 is 22.9 Å². The molecule has 3 N–H and O–H groups in total. The van der Waals surface area contributed by atoms with Gasteiger partial charge in [0.15, 0.2) is 5.13 Å². The Balaban J connectivity index is 1.84. The third kappa shape index (κ3) is 4.66. The maximum absolute atomic E-state index is 12.5. The minimum atomic E-state index is -0.512. The quantitative estimate of drug-likeness (QED) is 0.507. The predicted molar refractivity (Wildman–Crippen MR) is 118 cm³/mol. The number of anilines is 3. The van der Waals surface area contributed by atoms with Crippen LogP contribution in [0, 0.1) is 0 Å². The summed E-state index contributed by atoms with van der Waals surface area (Å²) < 4.78 is 16.5. The minimum absolute atomic E-state index is 0.224. The van der Waals surface area contributed by atoms with Gasteiger partial charge in [-0.3, -0.25) is 4.79 Å². The molecular weight excluding hydrogens is 432 g/mol. The summed E-state index contributed by atoms with van der Waals surface area (Å²) in [5.41, 5.74) is 1.44. The number of carbonyl (C=O) groups is 2. The fourth-order valence-electron chi connectivity index (χ4n) is 2.67. The Morgan fingerprint density at radius 3 is 2.27 bits per heavy atom. The number of nitrogens with one attached hydrogen (secondary N) is 3. The lowest BCUT2D eigenvalue weighted by Crippen LogP contribution is -2.20.